The number of benzene rings is 1. The van der Waals surface area contributed by atoms with Gasteiger partial charge in [-0.25, -0.2) is 0 Å². The molecule has 2 unspecified atom stereocenters. The zero-order chi connectivity index (χ0) is 12.8. The fraction of sp³-hybridized carbons (Fsp3) is 0.600. The highest BCUT2D eigenvalue weighted by molar-refractivity contribution is 5.18. The second-order valence-electron chi connectivity index (χ2n) is 5.32. The van der Waals surface area contributed by atoms with Crippen molar-refractivity contribution in [1.82, 2.24) is 10.2 Å². The summed E-state index contributed by atoms with van der Waals surface area (Å²) in [5.74, 6) is 0.710. The summed E-state index contributed by atoms with van der Waals surface area (Å²) in [5.41, 5.74) is 1.17. The van der Waals surface area contributed by atoms with Gasteiger partial charge >= 0.3 is 0 Å². The van der Waals surface area contributed by atoms with Gasteiger partial charge in [0.1, 0.15) is 0 Å². The van der Waals surface area contributed by atoms with Crippen LogP contribution in [0, 0.1) is 5.92 Å². The third kappa shape index (κ3) is 3.80. The van der Waals surface area contributed by atoms with Crippen LogP contribution in [-0.2, 0) is 0 Å². The minimum Gasteiger partial charge on any atom is -0.394 e. The number of hydrogen-bond acceptors (Lipinski definition) is 3. The molecule has 18 heavy (non-hydrogen) atoms. The van der Waals surface area contributed by atoms with E-state index in [2.05, 4.69) is 29.4 Å². The van der Waals surface area contributed by atoms with E-state index in [1.54, 1.807) is 0 Å². The Bertz CT molecular complexity index is 342. The molecule has 100 valence electrons. The molecule has 1 aliphatic heterocycles. The minimum atomic E-state index is 0.0680. The predicted octanol–water partition coefficient (Wildman–Crippen LogP) is 1.65. The first kappa shape index (κ1) is 13.5. The summed E-state index contributed by atoms with van der Waals surface area (Å²) >= 11 is 0. The second-order valence-corrected chi connectivity index (χ2v) is 5.32. The van der Waals surface area contributed by atoms with Gasteiger partial charge in [0, 0.05) is 6.54 Å². The highest BCUT2D eigenvalue weighted by atomic mass is 16.3. The van der Waals surface area contributed by atoms with Crippen molar-refractivity contribution >= 4 is 0 Å². The van der Waals surface area contributed by atoms with Crippen molar-refractivity contribution in [2.75, 3.05) is 33.3 Å². The van der Waals surface area contributed by atoms with Crippen molar-refractivity contribution < 1.29 is 5.11 Å². The molecule has 1 aromatic rings. The summed E-state index contributed by atoms with van der Waals surface area (Å²) in [6.45, 7) is 3.54. The fourth-order valence-corrected chi connectivity index (χ4v) is 2.72. The predicted molar refractivity (Wildman–Crippen MR) is 74.5 cm³/mol. The number of piperidine rings is 1. The van der Waals surface area contributed by atoms with Gasteiger partial charge in [-0.1, -0.05) is 30.3 Å². The Kier molecular flexibility index (Phi) is 5.17. The smallest absolute Gasteiger partial charge is 0.0626 e. The Balaban J connectivity index is 1.84. The molecule has 2 N–H and O–H groups in total. The lowest BCUT2D eigenvalue weighted by Crippen LogP contribution is -2.38. The van der Waals surface area contributed by atoms with Crippen LogP contribution < -0.4 is 5.32 Å². The molecule has 0 bridgehead atoms. The normalized spacial score (nSPS) is 22.9. The molecule has 1 saturated heterocycles. The van der Waals surface area contributed by atoms with Crippen LogP contribution in [0.2, 0.25) is 0 Å². The highest BCUT2D eigenvalue weighted by Crippen LogP contribution is 2.17. The molecule has 1 heterocycles. The van der Waals surface area contributed by atoms with Crippen LogP contribution in [-0.4, -0.2) is 43.3 Å². The summed E-state index contributed by atoms with van der Waals surface area (Å²) in [5, 5.41) is 13.0. The van der Waals surface area contributed by atoms with E-state index >= 15 is 0 Å². The Morgan fingerprint density at radius 3 is 2.83 bits per heavy atom. The maximum Gasteiger partial charge on any atom is 0.0626 e. The number of nitrogens with one attached hydrogen (secondary N) is 1. The maximum absolute atomic E-state index is 9.49. The van der Waals surface area contributed by atoms with Gasteiger partial charge in [-0.2, -0.15) is 0 Å². The van der Waals surface area contributed by atoms with Crippen molar-refractivity contribution in [2.45, 2.75) is 18.9 Å². The molecule has 0 saturated carbocycles. The zero-order valence-corrected chi connectivity index (χ0v) is 11.2. The molecule has 0 aliphatic carbocycles. The first-order valence-corrected chi connectivity index (χ1v) is 6.87. The van der Waals surface area contributed by atoms with Gasteiger partial charge in [-0.3, -0.25) is 0 Å². The molecule has 0 aromatic heterocycles. The molecule has 1 fully saturated rings. The first-order valence-electron chi connectivity index (χ1n) is 6.87. The third-order valence-corrected chi connectivity index (χ3v) is 3.76. The number of likely N-dealkylation sites (tertiary alicyclic amines) is 1. The topological polar surface area (TPSA) is 35.5 Å². The van der Waals surface area contributed by atoms with Crippen LogP contribution in [0.15, 0.2) is 30.3 Å². The molecule has 0 amide bonds. The van der Waals surface area contributed by atoms with Crippen molar-refractivity contribution in [3.05, 3.63) is 35.9 Å². The van der Waals surface area contributed by atoms with Gasteiger partial charge in [0.25, 0.3) is 0 Å². The van der Waals surface area contributed by atoms with Crippen LogP contribution in [0.4, 0.5) is 0 Å². The molecular weight excluding hydrogens is 224 g/mol. The van der Waals surface area contributed by atoms with Gasteiger partial charge in [-0.05, 0) is 44.5 Å². The molecule has 0 spiro atoms. The molecular formula is C15H24N2O. The molecule has 2 atom stereocenters. The highest BCUT2D eigenvalue weighted by Gasteiger charge is 2.18. The molecule has 3 heteroatoms. The van der Waals surface area contributed by atoms with Gasteiger partial charge in [-0.15, -0.1) is 0 Å². The first-order chi connectivity index (χ1) is 8.79. The van der Waals surface area contributed by atoms with E-state index < -0.39 is 0 Å². The van der Waals surface area contributed by atoms with Crippen molar-refractivity contribution in [3.8, 4) is 0 Å². The number of aliphatic hydroxyl groups is 1. The van der Waals surface area contributed by atoms with Crippen LogP contribution >= 0.6 is 0 Å². The average Bonchev–Trinajstić information content (AvgIpc) is 2.41. The fourth-order valence-electron chi connectivity index (χ4n) is 2.72. The number of nitrogens with zero attached hydrogens (tertiary/aromatic N) is 1. The van der Waals surface area contributed by atoms with Crippen molar-refractivity contribution in [1.29, 1.82) is 0 Å². The second kappa shape index (κ2) is 6.88. The van der Waals surface area contributed by atoms with Gasteiger partial charge < -0.3 is 15.3 Å². The Hall–Kier alpha value is -0.900. The Morgan fingerprint density at radius 1 is 1.39 bits per heavy atom. The SMILES string of the molecule is CN1CCCC(CNC(CO)c2ccccc2)C1. The average molecular weight is 248 g/mol. The van der Waals surface area contributed by atoms with E-state index in [4.69, 9.17) is 0 Å². The van der Waals surface area contributed by atoms with Gasteiger partial charge in [0.2, 0.25) is 0 Å². The van der Waals surface area contributed by atoms with E-state index in [9.17, 15) is 5.11 Å². The zero-order valence-electron chi connectivity index (χ0n) is 11.2. The number of hydrogen-bond donors (Lipinski definition) is 2. The molecule has 1 aromatic carbocycles. The van der Waals surface area contributed by atoms with Crippen molar-refractivity contribution in [2.24, 2.45) is 5.92 Å². The maximum atomic E-state index is 9.49. The molecule has 0 radical (unpaired) electrons. The third-order valence-electron chi connectivity index (χ3n) is 3.76. The lowest BCUT2D eigenvalue weighted by molar-refractivity contribution is 0.189. The van der Waals surface area contributed by atoms with E-state index in [1.165, 1.54) is 31.5 Å². The summed E-state index contributed by atoms with van der Waals surface area (Å²) in [4.78, 5) is 2.40. The minimum absolute atomic E-state index is 0.0680. The van der Waals surface area contributed by atoms with Crippen LogP contribution in [0.25, 0.3) is 0 Å². The Labute approximate surface area is 110 Å². The summed E-state index contributed by atoms with van der Waals surface area (Å²) in [6.07, 6.45) is 2.59. The van der Waals surface area contributed by atoms with E-state index in [0.29, 0.717) is 5.92 Å². The molecule has 2 rings (SSSR count). The Morgan fingerprint density at radius 2 is 2.17 bits per heavy atom. The lowest BCUT2D eigenvalue weighted by Gasteiger charge is -2.31. The lowest BCUT2D eigenvalue weighted by atomic mass is 9.97. The number of aliphatic hydroxyl groups excluding tert-OH is 1. The van der Waals surface area contributed by atoms with Gasteiger partial charge in [0.15, 0.2) is 0 Å². The van der Waals surface area contributed by atoms with Gasteiger partial charge in [0.05, 0.1) is 12.6 Å². The molecule has 3 nitrogen and oxygen atoms in total. The summed E-state index contributed by atoms with van der Waals surface area (Å²) in [7, 11) is 2.19. The molecule has 1 aliphatic rings. The van der Waals surface area contributed by atoms with E-state index in [-0.39, 0.29) is 12.6 Å². The quantitative estimate of drug-likeness (QED) is 0.832. The van der Waals surface area contributed by atoms with E-state index in [1.807, 2.05) is 18.2 Å². The van der Waals surface area contributed by atoms with Crippen molar-refractivity contribution in [3.63, 3.8) is 0 Å². The van der Waals surface area contributed by atoms with Crippen LogP contribution in [0.3, 0.4) is 0 Å². The monoisotopic (exact) mass is 248 g/mol. The van der Waals surface area contributed by atoms with Crippen LogP contribution in [0.5, 0.6) is 0 Å². The van der Waals surface area contributed by atoms with Crippen LogP contribution in [0.1, 0.15) is 24.4 Å². The largest absolute Gasteiger partial charge is 0.394 e. The number of rotatable bonds is 5. The van der Waals surface area contributed by atoms with E-state index in [0.717, 1.165) is 6.54 Å². The summed E-state index contributed by atoms with van der Waals surface area (Å²) in [6, 6.07) is 10.3. The summed E-state index contributed by atoms with van der Waals surface area (Å²) < 4.78 is 0. The standard InChI is InChI=1S/C15H24N2O/c1-17-9-5-6-13(11-17)10-16-15(12-18)14-7-3-2-4-8-14/h2-4,7-8,13,15-16,18H,5-6,9-12H2,1H3.